The molecule has 1 saturated heterocycles. The van der Waals surface area contributed by atoms with Gasteiger partial charge in [0.15, 0.2) is 11.4 Å². The maximum Gasteiger partial charge on any atom is 0.421 e. The fourth-order valence-electron chi connectivity index (χ4n) is 3.49. The molecule has 0 atom stereocenters. The molecule has 8 heteroatoms. The van der Waals surface area contributed by atoms with Crippen LogP contribution in [0.15, 0.2) is 45.6 Å². The summed E-state index contributed by atoms with van der Waals surface area (Å²) in [4.78, 5) is 27.6. The number of Topliss-reactive ketones (excluding diaryl/α,β-unsaturated/α-hetero) is 1. The summed E-state index contributed by atoms with van der Waals surface area (Å²) in [5.41, 5.74) is 2.02. The van der Waals surface area contributed by atoms with Crippen molar-refractivity contribution in [3.05, 3.63) is 63.4 Å². The van der Waals surface area contributed by atoms with Crippen molar-refractivity contribution in [1.82, 2.24) is 9.47 Å². The lowest BCUT2D eigenvalue weighted by molar-refractivity contribution is 0.101. The molecule has 4 rings (SSSR count). The van der Waals surface area contributed by atoms with Gasteiger partial charge in [0.05, 0.1) is 17.9 Å². The second kappa shape index (κ2) is 7.41. The van der Waals surface area contributed by atoms with Crippen LogP contribution in [0.5, 0.6) is 0 Å². The van der Waals surface area contributed by atoms with E-state index in [4.69, 9.17) is 16.0 Å². The Balaban J connectivity index is 1.46. The van der Waals surface area contributed by atoms with E-state index >= 15 is 0 Å². The zero-order chi connectivity index (χ0) is 19.8. The van der Waals surface area contributed by atoms with Gasteiger partial charge in [-0.1, -0.05) is 11.6 Å². The first-order chi connectivity index (χ1) is 13.4. The van der Waals surface area contributed by atoms with E-state index in [2.05, 4.69) is 4.90 Å². The summed E-state index contributed by atoms with van der Waals surface area (Å²) in [7, 11) is 0. The normalized spacial score (nSPS) is 15.3. The van der Waals surface area contributed by atoms with E-state index in [0.29, 0.717) is 60.2 Å². The zero-order valence-electron chi connectivity index (χ0n) is 15.3. The van der Waals surface area contributed by atoms with Gasteiger partial charge < -0.3 is 9.32 Å². The third-order valence-electron chi connectivity index (χ3n) is 5.04. The molecule has 0 unspecified atom stereocenters. The molecule has 6 nitrogen and oxygen atoms in total. The van der Waals surface area contributed by atoms with E-state index in [-0.39, 0.29) is 5.78 Å². The van der Waals surface area contributed by atoms with Crippen molar-refractivity contribution in [3.8, 4) is 0 Å². The van der Waals surface area contributed by atoms with Gasteiger partial charge >= 0.3 is 5.76 Å². The Morgan fingerprint density at radius 1 is 1.14 bits per heavy atom. The maximum absolute atomic E-state index is 14.4. The Hall–Kier alpha value is -2.64. The minimum Gasteiger partial charge on any atom is -0.408 e. The molecule has 2 heterocycles. The molecule has 0 amide bonds. The highest BCUT2D eigenvalue weighted by atomic mass is 35.5. The van der Waals surface area contributed by atoms with Gasteiger partial charge in [-0.2, -0.15) is 0 Å². The van der Waals surface area contributed by atoms with Crippen LogP contribution in [0.1, 0.15) is 17.3 Å². The number of ketones is 1. The third-order valence-corrected chi connectivity index (χ3v) is 5.27. The van der Waals surface area contributed by atoms with E-state index in [1.54, 1.807) is 34.9 Å². The van der Waals surface area contributed by atoms with Crippen LogP contribution < -0.4 is 10.7 Å². The van der Waals surface area contributed by atoms with E-state index in [1.165, 1.54) is 13.0 Å². The molecule has 0 saturated carbocycles. The van der Waals surface area contributed by atoms with Crippen molar-refractivity contribution in [2.75, 3.05) is 31.1 Å². The summed E-state index contributed by atoms with van der Waals surface area (Å²) >= 11 is 5.95. The number of fused-ring (bicyclic) bond motifs is 1. The van der Waals surface area contributed by atoms with E-state index in [1.807, 2.05) is 4.90 Å². The summed E-state index contributed by atoms with van der Waals surface area (Å²) < 4.78 is 21.2. The molecule has 146 valence electrons. The highest BCUT2D eigenvalue weighted by Gasteiger charge is 2.21. The van der Waals surface area contributed by atoms with Crippen LogP contribution in [-0.4, -0.2) is 41.4 Å². The number of carbonyl (C=O) groups is 1. The molecule has 28 heavy (non-hydrogen) atoms. The molecule has 3 aromatic rings. The Bertz CT molecular complexity index is 1100. The molecule has 0 aliphatic carbocycles. The van der Waals surface area contributed by atoms with E-state index < -0.39 is 11.6 Å². The van der Waals surface area contributed by atoms with Gasteiger partial charge in [0, 0.05) is 42.8 Å². The number of rotatable bonds is 4. The smallest absolute Gasteiger partial charge is 0.408 e. The highest BCUT2D eigenvalue weighted by Crippen LogP contribution is 2.23. The van der Waals surface area contributed by atoms with Gasteiger partial charge in [-0.3, -0.25) is 14.3 Å². The second-order valence-electron chi connectivity index (χ2n) is 6.88. The number of hydrogen-bond donors (Lipinski definition) is 0. The number of halogens is 2. The molecule has 1 aliphatic rings. The molecular formula is C20H19ClFN3O3. The lowest BCUT2D eigenvalue weighted by Crippen LogP contribution is -2.47. The van der Waals surface area contributed by atoms with E-state index in [9.17, 15) is 14.0 Å². The molecule has 0 N–H and O–H groups in total. The average molecular weight is 404 g/mol. The van der Waals surface area contributed by atoms with Gasteiger partial charge in [-0.05, 0) is 37.3 Å². The van der Waals surface area contributed by atoms with Gasteiger partial charge in [0.2, 0.25) is 0 Å². The number of hydrogen-bond acceptors (Lipinski definition) is 5. The standard InChI is InChI=1S/C20H19ClFN3O3/c1-13(26)14-2-4-17(16(22)10-14)24-8-6-23(7-9-24)12-25-18-5-3-15(21)11-19(18)28-20(25)27/h2-5,10-11H,6-9,12H2,1H3. The first-order valence-electron chi connectivity index (χ1n) is 8.99. The van der Waals surface area contributed by atoms with Gasteiger partial charge in [0.25, 0.3) is 0 Å². The lowest BCUT2D eigenvalue weighted by Gasteiger charge is -2.36. The van der Waals surface area contributed by atoms with Crippen molar-refractivity contribution in [3.63, 3.8) is 0 Å². The number of carbonyl (C=O) groups excluding carboxylic acids is 1. The fraction of sp³-hybridized carbons (Fsp3) is 0.300. The lowest BCUT2D eigenvalue weighted by atomic mass is 10.1. The monoisotopic (exact) mass is 403 g/mol. The third kappa shape index (κ3) is 3.55. The van der Waals surface area contributed by atoms with Gasteiger partial charge in [-0.15, -0.1) is 0 Å². The summed E-state index contributed by atoms with van der Waals surface area (Å²) in [5, 5.41) is 0.514. The quantitative estimate of drug-likeness (QED) is 0.625. The Kier molecular flexibility index (Phi) is 4.95. The maximum atomic E-state index is 14.4. The predicted molar refractivity (Wildman–Crippen MR) is 106 cm³/mol. The SMILES string of the molecule is CC(=O)c1ccc(N2CCN(Cn3c(=O)oc4cc(Cl)ccc43)CC2)c(F)c1. The van der Waals surface area contributed by atoms with Gasteiger partial charge in [0.1, 0.15) is 5.82 Å². The minimum atomic E-state index is -0.425. The van der Waals surface area contributed by atoms with Crippen LogP contribution >= 0.6 is 11.6 Å². The van der Waals surface area contributed by atoms with Crippen molar-refractivity contribution in [1.29, 1.82) is 0 Å². The minimum absolute atomic E-state index is 0.158. The van der Waals surface area contributed by atoms with Crippen molar-refractivity contribution in [2.45, 2.75) is 13.6 Å². The molecule has 0 spiro atoms. The number of anilines is 1. The largest absolute Gasteiger partial charge is 0.421 e. The Morgan fingerprint density at radius 2 is 1.89 bits per heavy atom. The van der Waals surface area contributed by atoms with Crippen LogP contribution in [0.3, 0.4) is 0 Å². The van der Waals surface area contributed by atoms with Crippen LogP contribution in [0.4, 0.5) is 10.1 Å². The van der Waals surface area contributed by atoms with Crippen LogP contribution in [0.2, 0.25) is 5.02 Å². The summed E-state index contributed by atoms with van der Waals surface area (Å²) in [6.07, 6.45) is 0. The topological polar surface area (TPSA) is 58.7 Å². The average Bonchev–Trinajstić information content (AvgIpc) is 2.96. The molecular weight excluding hydrogens is 385 g/mol. The second-order valence-corrected chi connectivity index (χ2v) is 7.31. The first-order valence-corrected chi connectivity index (χ1v) is 9.37. The number of benzene rings is 2. The number of piperazine rings is 1. The van der Waals surface area contributed by atoms with Crippen LogP contribution in [0.25, 0.3) is 11.1 Å². The van der Waals surface area contributed by atoms with Crippen LogP contribution in [0, 0.1) is 5.82 Å². The van der Waals surface area contributed by atoms with E-state index in [0.717, 1.165) is 0 Å². The molecule has 2 aromatic carbocycles. The number of nitrogens with zero attached hydrogens (tertiary/aromatic N) is 3. The molecule has 1 aliphatic heterocycles. The van der Waals surface area contributed by atoms with Crippen molar-refractivity contribution >= 4 is 34.2 Å². The van der Waals surface area contributed by atoms with Crippen LogP contribution in [-0.2, 0) is 6.67 Å². The number of oxazole rings is 1. The Labute approximate surface area is 165 Å². The highest BCUT2D eigenvalue weighted by molar-refractivity contribution is 6.31. The van der Waals surface area contributed by atoms with Crippen molar-refractivity contribution < 1.29 is 13.6 Å². The summed E-state index contributed by atoms with van der Waals surface area (Å²) in [5.74, 6) is -0.977. The molecule has 1 aromatic heterocycles. The van der Waals surface area contributed by atoms with Crippen molar-refractivity contribution in [2.24, 2.45) is 0 Å². The fourth-order valence-corrected chi connectivity index (χ4v) is 3.65. The summed E-state index contributed by atoms with van der Waals surface area (Å²) in [6, 6.07) is 9.70. The molecule has 0 radical (unpaired) electrons. The summed E-state index contributed by atoms with van der Waals surface area (Å²) in [6.45, 7) is 4.39. The number of aromatic nitrogens is 1. The molecule has 1 fully saturated rings. The first kappa shape index (κ1) is 18.7. The molecule has 0 bridgehead atoms. The Morgan fingerprint density at radius 3 is 2.57 bits per heavy atom. The van der Waals surface area contributed by atoms with Gasteiger partial charge in [-0.25, -0.2) is 9.18 Å². The predicted octanol–water partition coefficient (Wildman–Crippen LogP) is 3.37. The zero-order valence-corrected chi connectivity index (χ0v) is 16.1.